The Morgan fingerprint density at radius 3 is 2.57 bits per heavy atom. The van der Waals surface area contributed by atoms with Crippen LogP contribution in [-0.4, -0.2) is 23.0 Å². The number of amides is 1. The van der Waals surface area contributed by atoms with Gasteiger partial charge in [0.15, 0.2) is 0 Å². The standard InChI is InChI=1S/C19H21NO3/c21-18(20-17(19(22)23)12-14-5-6-14)10-8-13-7-9-15-3-1-2-4-16(15)11-13/h1-4,7,9,11,14,17H,5-6,8,10,12H2,(H,20,21)(H,22,23). The highest BCUT2D eigenvalue weighted by molar-refractivity contribution is 5.84. The molecule has 120 valence electrons. The van der Waals surface area contributed by atoms with Gasteiger partial charge < -0.3 is 10.4 Å². The third kappa shape index (κ3) is 4.31. The van der Waals surface area contributed by atoms with E-state index in [9.17, 15) is 14.7 Å². The molecule has 1 aliphatic carbocycles. The van der Waals surface area contributed by atoms with Crippen LogP contribution < -0.4 is 5.32 Å². The van der Waals surface area contributed by atoms with Gasteiger partial charge in [-0.25, -0.2) is 4.79 Å². The highest BCUT2D eigenvalue weighted by atomic mass is 16.4. The summed E-state index contributed by atoms with van der Waals surface area (Å²) in [4.78, 5) is 23.2. The number of rotatable bonds is 7. The molecule has 1 saturated carbocycles. The molecule has 2 N–H and O–H groups in total. The van der Waals surface area contributed by atoms with Crippen molar-refractivity contribution in [3.8, 4) is 0 Å². The Morgan fingerprint density at radius 1 is 1.13 bits per heavy atom. The van der Waals surface area contributed by atoms with Gasteiger partial charge in [0, 0.05) is 6.42 Å². The van der Waals surface area contributed by atoms with Gasteiger partial charge in [0.2, 0.25) is 5.91 Å². The number of aryl methyl sites for hydroxylation is 1. The van der Waals surface area contributed by atoms with Gasteiger partial charge in [0.05, 0.1) is 0 Å². The normalized spacial score (nSPS) is 15.3. The van der Waals surface area contributed by atoms with Crippen molar-refractivity contribution in [3.05, 3.63) is 48.0 Å². The van der Waals surface area contributed by atoms with Crippen LogP contribution >= 0.6 is 0 Å². The highest BCUT2D eigenvalue weighted by Crippen LogP contribution is 2.33. The van der Waals surface area contributed by atoms with Crippen molar-refractivity contribution in [2.45, 2.75) is 38.1 Å². The number of carboxylic acids is 1. The summed E-state index contributed by atoms with van der Waals surface area (Å²) in [6.45, 7) is 0. The Kier molecular flexibility index (Phi) is 4.60. The van der Waals surface area contributed by atoms with Crippen molar-refractivity contribution in [2.24, 2.45) is 5.92 Å². The molecule has 0 aromatic heterocycles. The van der Waals surface area contributed by atoms with Gasteiger partial charge in [-0.05, 0) is 35.1 Å². The van der Waals surface area contributed by atoms with Crippen LogP contribution in [0.1, 0.15) is 31.2 Å². The summed E-state index contributed by atoms with van der Waals surface area (Å²) < 4.78 is 0. The van der Waals surface area contributed by atoms with Crippen LogP contribution in [-0.2, 0) is 16.0 Å². The molecule has 1 amide bonds. The van der Waals surface area contributed by atoms with Gasteiger partial charge in [0.25, 0.3) is 0 Å². The molecule has 0 radical (unpaired) electrons. The van der Waals surface area contributed by atoms with Crippen molar-refractivity contribution in [1.82, 2.24) is 5.32 Å². The number of carbonyl (C=O) groups is 2. The van der Waals surface area contributed by atoms with Crippen LogP contribution in [0, 0.1) is 5.92 Å². The van der Waals surface area contributed by atoms with Gasteiger partial charge in [-0.2, -0.15) is 0 Å². The number of hydrogen-bond donors (Lipinski definition) is 2. The number of aliphatic carboxylic acids is 1. The monoisotopic (exact) mass is 311 g/mol. The smallest absolute Gasteiger partial charge is 0.326 e. The fraction of sp³-hybridized carbons (Fsp3) is 0.368. The maximum atomic E-state index is 12.0. The lowest BCUT2D eigenvalue weighted by Crippen LogP contribution is -2.41. The molecule has 0 spiro atoms. The molecule has 2 aromatic rings. The van der Waals surface area contributed by atoms with Gasteiger partial charge in [0.1, 0.15) is 6.04 Å². The zero-order chi connectivity index (χ0) is 16.2. The molecule has 4 nitrogen and oxygen atoms in total. The second-order valence-electron chi connectivity index (χ2n) is 6.32. The summed E-state index contributed by atoms with van der Waals surface area (Å²) in [5.74, 6) is -0.654. The first kappa shape index (κ1) is 15.5. The lowest BCUT2D eigenvalue weighted by Gasteiger charge is -2.14. The molecule has 1 aliphatic rings. The summed E-state index contributed by atoms with van der Waals surface area (Å²) in [6.07, 6.45) is 3.64. The molecule has 23 heavy (non-hydrogen) atoms. The second-order valence-corrected chi connectivity index (χ2v) is 6.32. The molecule has 3 rings (SSSR count). The first-order valence-corrected chi connectivity index (χ1v) is 8.11. The number of hydrogen-bond acceptors (Lipinski definition) is 2. The lowest BCUT2D eigenvalue weighted by molar-refractivity contribution is -0.142. The van der Waals surface area contributed by atoms with E-state index in [2.05, 4.69) is 29.6 Å². The van der Waals surface area contributed by atoms with Crippen LogP contribution in [0.3, 0.4) is 0 Å². The second kappa shape index (κ2) is 6.82. The van der Waals surface area contributed by atoms with Crippen LogP contribution in [0.15, 0.2) is 42.5 Å². The summed E-state index contributed by atoms with van der Waals surface area (Å²) in [5, 5.41) is 14.2. The zero-order valence-corrected chi connectivity index (χ0v) is 13.0. The topological polar surface area (TPSA) is 66.4 Å². The Labute approximate surface area is 135 Å². The average Bonchev–Trinajstić information content (AvgIpc) is 3.36. The van der Waals surface area contributed by atoms with Crippen LogP contribution in [0.25, 0.3) is 10.8 Å². The van der Waals surface area contributed by atoms with Crippen LogP contribution in [0.5, 0.6) is 0 Å². The predicted molar refractivity (Wildman–Crippen MR) is 89.2 cm³/mol. The molecular formula is C19H21NO3. The average molecular weight is 311 g/mol. The van der Waals surface area contributed by atoms with Gasteiger partial charge in [-0.3, -0.25) is 4.79 Å². The number of carbonyl (C=O) groups excluding carboxylic acids is 1. The third-order valence-corrected chi connectivity index (χ3v) is 4.35. The molecule has 2 aromatic carbocycles. The third-order valence-electron chi connectivity index (χ3n) is 4.35. The number of benzene rings is 2. The molecule has 0 aliphatic heterocycles. The SMILES string of the molecule is O=C(CCc1ccc2ccccc2c1)NC(CC1CC1)C(=O)O. The molecule has 0 bridgehead atoms. The minimum absolute atomic E-state index is 0.189. The largest absolute Gasteiger partial charge is 0.480 e. The number of fused-ring (bicyclic) bond motifs is 1. The van der Waals surface area contributed by atoms with Gasteiger partial charge in [-0.1, -0.05) is 55.3 Å². The quantitative estimate of drug-likeness (QED) is 0.825. The van der Waals surface area contributed by atoms with E-state index in [1.54, 1.807) is 0 Å². The van der Waals surface area contributed by atoms with Gasteiger partial charge in [-0.15, -0.1) is 0 Å². The summed E-state index contributed by atoms with van der Waals surface area (Å²) in [5.41, 5.74) is 1.09. The molecular weight excluding hydrogens is 290 g/mol. The summed E-state index contributed by atoms with van der Waals surface area (Å²) in [7, 11) is 0. The molecule has 4 heteroatoms. The first-order valence-electron chi connectivity index (χ1n) is 8.11. The van der Waals surface area contributed by atoms with E-state index >= 15 is 0 Å². The Hall–Kier alpha value is -2.36. The van der Waals surface area contributed by atoms with Crippen molar-refractivity contribution in [1.29, 1.82) is 0 Å². The maximum Gasteiger partial charge on any atom is 0.326 e. The Bertz CT molecular complexity index is 721. The summed E-state index contributed by atoms with van der Waals surface area (Å²) >= 11 is 0. The van der Waals surface area contributed by atoms with Crippen LogP contribution in [0.2, 0.25) is 0 Å². The van der Waals surface area contributed by atoms with Crippen molar-refractivity contribution >= 4 is 22.6 Å². The van der Waals surface area contributed by atoms with E-state index in [4.69, 9.17) is 0 Å². The zero-order valence-electron chi connectivity index (χ0n) is 13.0. The Balaban J connectivity index is 1.55. The Morgan fingerprint density at radius 2 is 1.87 bits per heavy atom. The number of carboxylic acid groups (broad SMARTS) is 1. The van der Waals surface area contributed by atoms with Crippen LogP contribution in [0.4, 0.5) is 0 Å². The lowest BCUT2D eigenvalue weighted by atomic mass is 10.0. The summed E-state index contributed by atoms with van der Waals surface area (Å²) in [6, 6.07) is 13.5. The van der Waals surface area contributed by atoms with E-state index in [-0.39, 0.29) is 5.91 Å². The molecule has 0 saturated heterocycles. The minimum Gasteiger partial charge on any atom is -0.480 e. The predicted octanol–water partition coefficient (Wildman–Crippen LogP) is 3.14. The molecule has 1 fully saturated rings. The van der Waals surface area contributed by atoms with Crippen molar-refractivity contribution in [2.75, 3.05) is 0 Å². The van der Waals surface area contributed by atoms with Crippen molar-refractivity contribution in [3.63, 3.8) is 0 Å². The van der Waals surface area contributed by atoms with Gasteiger partial charge >= 0.3 is 5.97 Å². The van der Waals surface area contributed by atoms with E-state index in [1.807, 2.05) is 18.2 Å². The highest BCUT2D eigenvalue weighted by Gasteiger charge is 2.29. The first-order chi connectivity index (χ1) is 11.1. The fourth-order valence-electron chi connectivity index (χ4n) is 2.83. The van der Waals surface area contributed by atoms with E-state index in [1.165, 1.54) is 5.39 Å². The molecule has 1 unspecified atom stereocenters. The van der Waals surface area contributed by atoms with E-state index in [0.717, 1.165) is 23.8 Å². The van der Waals surface area contributed by atoms with E-state index in [0.29, 0.717) is 25.2 Å². The maximum absolute atomic E-state index is 12.0. The molecule has 1 atom stereocenters. The minimum atomic E-state index is -0.934. The van der Waals surface area contributed by atoms with E-state index < -0.39 is 12.0 Å². The van der Waals surface area contributed by atoms with Crippen molar-refractivity contribution < 1.29 is 14.7 Å². The molecule has 0 heterocycles. The number of nitrogens with one attached hydrogen (secondary N) is 1. The fourth-order valence-corrected chi connectivity index (χ4v) is 2.83.